The van der Waals surface area contributed by atoms with Gasteiger partial charge in [0.1, 0.15) is 17.5 Å². The van der Waals surface area contributed by atoms with E-state index in [1.54, 1.807) is 35.2 Å². The van der Waals surface area contributed by atoms with Gasteiger partial charge in [-0.2, -0.15) is 0 Å². The molecule has 33 heavy (non-hydrogen) atoms. The molecule has 0 aliphatic carbocycles. The second-order valence-electron chi connectivity index (χ2n) is 8.38. The van der Waals surface area contributed by atoms with E-state index in [2.05, 4.69) is 11.9 Å². The summed E-state index contributed by atoms with van der Waals surface area (Å²) in [7, 11) is 0. The molecule has 0 bridgehead atoms. The Kier molecular flexibility index (Phi) is 6.27. The van der Waals surface area contributed by atoms with Crippen LogP contribution in [0.3, 0.4) is 0 Å². The van der Waals surface area contributed by atoms with Crippen LogP contribution in [0.25, 0.3) is 11.1 Å². The first-order valence-corrected chi connectivity index (χ1v) is 10.8. The molecular weight excluding hydrogens is 425 g/mol. The van der Waals surface area contributed by atoms with E-state index in [0.717, 1.165) is 17.2 Å². The molecule has 2 amide bonds. The fourth-order valence-electron chi connectivity index (χ4n) is 4.47. The zero-order valence-electron chi connectivity index (χ0n) is 18.3. The topological polar surface area (TPSA) is 32.3 Å². The molecule has 0 aromatic heterocycles. The van der Waals surface area contributed by atoms with E-state index in [4.69, 9.17) is 0 Å². The number of nitrogens with one attached hydrogen (secondary N) is 1. The van der Waals surface area contributed by atoms with E-state index in [9.17, 15) is 18.0 Å². The maximum absolute atomic E-state index is 14.1. The van der Waals surface area contributed by atoms with Crippen LogP contribution in [0, 0.1) is 17.5 Å². The average molecular weight is 451 g/mol. The van der Waals surface area contributed by atoms with Crippen LogP contribution in [0.15, 0.2) is 79.4 Å². The molecule has 3 nitrogen and oxygen atoms in total. The Labute approximate surface area is 191 Å². The van der Waals surface area contributed by atoms with Crippen LogP contribution in [0.4, 0.5) is 18.0 Å². The van der Waals surface area contributed by atoms with Crippen LogP contribution in [0.2, 0.25) is 0 Å². The molecule has 6 heteroatoms. The molecule has 0 spiro atoms. The zero-order chi connectivity index (χ0) is 23.6. The van der Waals surface area contributed by atoms with Crippen molar-refractivity contribution in [2.75, 3.05) is 6.54 Å². The minimum atomic E-state index is -0.632. The summed E-state index contributed by atoms with van der Waals surface area (Å²) in [5.41, 5.74) is 2.06. The number of urea groups is 1. The summed E-state index contributed by atoms with van der Waals surface area (Å²) >= 11 is 0. The van der Waals surface area contributed by atoms with E-state index in [1.807, 2.05) is 19.1 Å². The van der Waals surface area contributed by atoms with Gasteiger partial charge in [0.25, 0.3) is 0 Å². The molecule has 1 heterocycles. The molecule has 2 atom stereocenters. The van der Waals surface area contributed by atoms with Gasteiger partial charge >= 0.3 is 6.03 Å². The number of nitrogens with zero attached hydrogens (tertiary/aromatic N) is 1. The van der Waals surface area contributed by atoms with E-state index in [-0.39, 0.29) is 17.9 Å². The third-order valence-electron chi connectivity index (χ3n) is 6.38. The molecule has 1 aliphatic rings. The van der Waals surface area contributed by atoms with E-state index in [0.29, 0.717) is 30.5 Å². The predicted molar refractivity (Wildman–Crippen MR) is 123 cm³/mol. The van der Waals surface area contributed by atoms with Crippen LogP contribution in [0.1, 0.15) is 36.9 Å². The molecule has 1 unspecified atom stereocenters. The number of halogens is 3. The van der Waals surface area contributed by atoms with E-state index >= 15 is 0 Å². The van der Waals surface area contributed by atoms with E-state index < -0.39 is 17.2 Å². The quantitative estimate of drug-likeness (QED) is 0.416. The average Bonchev–Trinajstić information content (AvgIpc) is 2.79. The molecule has 3 aromatic carbocycles. The van der Waals surface area contributed by atoms with Gasteiger partial charge in [0.05, 0.1) is 11.6 Å². The standard InChI is InChI=1S/C27H25F3N2O/c1-3-14-27(21-8-10-22(28)11-9-21)15-16-32(26(33)31-27)18(2)19-4-6-20(7-5-19)24-13-12-23(29)17-25(24)30/h3-13,17-18H,1,14-16H2,2H3,(H,31,33)/t18-,27?/m0/s1. The van der Waals surface area contributed by atoms with Gasteiger partial charge in [-0.1, -0.05) is 42.5 Å². The summed E-state index contributed by atoms with van der Waals surface area (Å²) in [6.07, 6.45) is 2.93. The van der Waals surface area contributed by atoms with Crippen molar-refractivity contribution in [1.29, 1.82) is 0 Å². The lowest BCUT2D eigenvalue weighted by Gasteiger charge is -2.44. The van der Waals surface area contributed by atoms with Crippen LogP contribution >= 0.6 is 0 Å². The normalized spacial score (nSPS) is 19.2. The molecule has 3 aromatic rings. The number of hydrogen-bond donors (Lipinski definition) is 1. The van der Waals surface area contributed by atoms with Gasteiger partial charge in [-0.05, 0) is 60.7 Å². The Morgan fingerprint density at radius 2 is 1.70 bits per heavy atom. The Morgan fingerprint density at radius 3 is 2.30 bits per heavy atom. The summed E-state index contributed by atoms with van der Waals surface area (Å²) < 4.78 is 40.7. The molecule has 0 radical (unpaired) electrons. The van der Waals surface area contributed by atoms with Gasteiger partial charge in [0.2, 0.25) is 0 Å². The van der Waals surface area contributed by atoms with Crippen molar-refractivity contribution in [2.45, 2.75) is 31.3 Å². The highest BCUT2D eigenvalue weighted by Crippen LogP contribution is 2.36. The van der Waals surface area contributed by atoms with Crippen molar-refractivity contribution in [1.82, 2.24) is 10.2 Å². The Bertz CT molecular complexity index is 1160. The molecule has 170 valence electrons. The first-order valence-electron chi connectivity index (χ1n) is 10.8. The second-order valence-corrected chi connectivity index (χ2v) is 8.38. The highest BCUT2D eigenvalue weighted by molar-refractivity contribution is 5.77. The number of rotatable bonds is 6. The maximum atomic E-state index is 14.1. The van der Waals surface area contributed by atoms with Crippen molar-refractivity contribution in [2.24, 2.45) is 0 Å². The Morgan fingerprint density at radius 1 is 1.03 bits per heavy atom. The first kappa shape index (κ1) is 22.6. The third-order valence-corrected chi connectivity index (χ3v) is 6.38. The van der Waals surface area contributed by atoms with Crippen LogP contribution in [-0.4, -0.2) is 17.5 Å². The lowest BCUT2D eigenvalue weighted by atomic mass is 9.81. The summed E-state index contributed by atoms with van der Waals surface area (Å²) in [4.78, 5) is 14.9. The smallest absolute Gasteiger partial charge is 0.318 e. The molecule has 1 saturated heterocycles. The van der Waals surface area contributed by atoms with Gasteiger partial charge in [-0.15, -0.1) is 6.58 Å². The highest BCUT2D eigenvalue weighted by atomic mass is 19.1. The van der Waals surface area contributed by atoms with Crippen molar-refractivity contribution >= 4 is 6.03 Å². The van der Waals surface area contributed by atoms with Crippen molar-refractivity contribution in [3.05, 3.63) is 108 Å². The van der Waals surface area contributed by atoms with Gasteiger partial charge < -0.3 is 10.2 Å². The fourth-order valence-corrected chi connectivity index (χ4v) is 4.47. The summed E-state index contributed by atoms with van der Waals surface area (Å²) in [6.45, 7) is 6.27. The number of benzene rings is 3. The van der Waals surface area contributed by atoms with Crippen molar-refractivity contribution < 1.29 is 18.0 Å². The van der Waals surface area contributed by atoms with E-state index in [1.165, 1.54) is 24.3 Å². The third kappa shape index (κ3) is 4.51. The first-order chi connectivity index (χ1) is 15.8. The second kappa shape index (κ2) is 9.14. The lowest BCUT2D eigenvalue weighted by molar-refractivity contribution is 0.126. The monoisotopic (exact) mass is 450 g/mol. The Hall–Kier alpha value is -3.54. The minimum absolute atomic E-state index is 0.214. The summed E-state index contributed by atoms with van der Waals surface area (Å²) in [5.74, 6) is -1.56. The zero-order valence-corrected chi connectivity index (χ0v) is 18.3. The van der Waals surface area contributed by atoms with Crippen LogP contribution < -0.4 is 5.32 Å². The highest BCUT2D eigenvalue weighted by Gasteiger charge is 2.40. The SMILES string of the molecule is C=CCC1(c2ccc(F)cc2)CCN([C@@H](C)c2ccc(-c3ccc(F)cc3F)cc2)C(=O)N1. The molecule has 1 fully saturated rings. The van der Waals surface area contributed by atoms with Gasteiger partial charge in [0, 0.05) is 18.2 Å². The van der Waals surface area contributed by atoms with Crippen LogP contribution in [-0.2, 0) is 5.54 Å². The fraction of sp³-hybridized carbons (Fsp3) is 0.222. The Balaban J connectivity index is 1.52. The molecule has 4 rings (SSSR count). The van der Waals surface area contributed by atoms with Gasteiger partial charge in [0.15, 0.2) is 0 Å². The number of carbonyl (C=O) groups excluding carboxylic acids is 1. The molecule has 1 N–H and O–H groups in total. The molecular formula is C27H25F3N2O. The number of carbonyl (C=O) groups is 1. The van der Waals surface area contributed by atoms with Crippen molar-refractivity contribution in [3.8, 4) is 11.1 Å². The molecule has 0 saturated carbocycles. The van der Waals surface area contributed by atoms with Gasteiger partial charge in [-0.3, -0.25) is 0 Å². The maximum Gasteiger partial charge on any atom is 0.318 e. The minimum Gasteiger partial charge on any atom is -0.328 e. The van der Waals surface area contributed by atoms with Crippen molar-refractivity contribution in [3.63, 3.8) is 0 Å². The van der Waals surface area contributed by atoms with Crippen LogP contribution in [0.5, 0.6) is 0 Å². The summed E-state index contributed by atoms with van der Waals surface area (Å²) in [6, 6.07) is 16.5. The largest absolute Gasteiger partial charge is 0.328 e. The molecule has 1 aliphatic heterocycles. The predicted octanol–water partition coefficient (Wildman–Crippen LogP) is 6.72. The summed E-state index contributed by atoms with van der Waals surface area (Å²) in [5, 5.41) is 3.13. The number of hydrogen-bond acceptors (Lipinski definition) is 1. The van der Waals surface area contributed by atoms with Gasteiger partial charge in [-0.25, -0.2) is 18.0 Å². The number of amides is 2. The lowest BCUT2D eigenvalue weighted by Crippen LogP contribution is -2.58.